The molecule has 5 heteroatoms. The molecule has 0 bridgehead atoms. The second-order valence-electron chi connectivity index (χ2n) is 4.98. The third-order valence-corrected chi connectivity index (χ3v) is 4.35. The van der Waals surface area contributed by atoms with Crippen LogP contribution in [0, 0.1) is 6.92 Å². The van der Waals surface area contributed by atoms with Crippen LogP contribution in [0.5, 0.6) is 0 Å². The number of thiophene rings is 1. The molecule has 1 unspecified atom stereocenters. The van der Waals surface area contributed by atoms with E-state index in [9.17, 15) is 9.90 Å². The maximum absolute atomic E-state index is 11.7. The van der Waals surface area contributed by atoms with Crippen LogP contribution in [0.4, 0.5) is 0 Å². The van der Waals surface area contributed by atoms with E-state index in [1.165, 1.54) is 17.7 Å². The predicted molar refractivity (Wildman–Crippen MR) is 82.7 cm³/mol. The summed E-state index contributed by atoms with van der Waals surface area (Å²) in [4.78, 5) is 20.1. The molecule has 1 atom stereocenters. The van der Waals surface area contributed by atoms with E-state index in [1.807, 2.05) is 42.6 Å². The van der Waals surface area contributed by atoms with Gasteiger partial charge in [0.05, 0.1) is 15.9 Å². The van der Waals surface area contributed by atoms with Crippen LogP contribution in [0.3, 0.4) is 0 Å². The first-order valence-corrected chi connectivity index (χ1v) is 7.49. The molecule has 0 aliphatic carbocycles. The number of carbonyl (C=O) groups is 1. The first-order valence-electron chi connectivity index (χ1n) is 6.61. The Balaban J connectivity index is 2.02. The topological polar surface area (TPSA) is 63.1 Å². The fourth-order valence-electron chi connectivity index (χ4n) is 2.43. The lowest BCUT2D eigenvalue weighted by atomic mass is 9.95. The fourth-order valence-corrected chi connectivity index (χ4v) is 3.32. The number of carboxylic acids is 1. The summed E-state index contributed by atoms with van der Waals surface area (Å²) in [5.74, 6) is -1.51. The molecule has 0 aliphatic heterocycles. The quantitative estimate of drug-likeness (QED) is 0.801. The Hall–Kier alpha value is -2.27. The molecule has 4 nitrogen and oxygen atoms in total. The fraction of sp³-hybridized carbons (Fsp3) is 0.188. The van der Waals surface area contributed by atoms with Crippen molar-refractivity contribution < 1.29 is 9.90 Å². The van der Waals surface area contributed by atoms with Crippen molar-refractivity contribution in [2.24, 2.45) is 0 Å². The van der Waals surface area contributed by atoms with E-state index in [2.05, 4.69) is 9.97 Å². The van der Waals surface area contributed by atoms with Gasteiger partial charge in [-0.25, -0.2) is 9.97 Å². The molecule has 1 N–H and O–H groups in total. The summed E-state index contributed by atoms with van der Waals surface area (Å²) in [5.41, 5.74) is 3.54. The van der Waals surface area contributed by atoms with Gasteiger partial charge in [0.25, 0.3) is 0 Å². The van der Waals surface area contributed by atoms with Gasteiger partial charge in [-0.3, -0.25) is 4.79 Å². The largest absolute Gasteiger partial charge is 0.481 e. The van der Waals surface area contributed by atoms with Gasteiger partial charge in [-0.2, -0.15) is 0 Å². The van der Waals surface area contributed by atoms with Crippen molar-refractivity contribution in [3.8, 4) is 0 Å². The summed E-state index contributed by atoms with van der Waals surface area (Å²) in [7, 11) is 0. The Morgan fingerprint density at radius 3 is 2.95 bits per heavy atom. The van der Waals surface area contributed by atoms with E-state index in [4.69, 9.17) is 0 Å². The summed E-state index contributed by atoms with van der Waals surface area (Å²) in [6, 6.07) is 9.81. The van der Waals surface area contributed by atoms with Gasteiger partial charge in [-0.15, -0.1) is 11.3 Å². The summed E-state index contributed by atoms with van der Waals surface area (Å²) in [6.07, 6.45) is 1.87. The number of aromatic nitrogens is 2. The molecule has 3 rings (SSSR count). The smallest absolute Gasteiger partial charge is 0.312 e. The third-order valence-electron chi connectivity index (χ3n) is 3.42. The highest BCUT2D eigenvalue weighted by atomic mass is 32.1. The van der Waals surface area contributed by atoms with Crippen molar-refractivity contribution in [2.45, 2.75) is 19.3 Å². The number of fused-ring (bicyclic) bond motifs is 1. The molecule has 0 fully saturated rings. The van der Waals surface area contributed by atoms with Gasteiger partial charge < -0.3 is 5.11 Å². The third kappa shape index (κ3) is 2.78. The number of rotatable bonds is 4. The number of benzene rings is 1. The van der Waals surface area contributed by atoms with Crippen LogP contribution >= 0.6 is 11.3 Å². The zero-order valence-electron chi connectivity index (χ0n) is 11.5. The van der Waals surface area contributed by atoms with Crippen molar-refractivity contribution in [3.63, 3.8) is 0 Å². The Bertz CT molecular complexity index is 798. The van der Waals surface area contributed by atoms with Gasteiger partial charge in [-0.05, 0) is 30.4 Å². The lowest BCUT2D eigenvalue weighted by Crippen LogP contribution is -2.16. The van der Waals surface area contributed by atoms with Crippen LogP contribution in [-0.2, 0) is 11.2 Å². The standard InChI is InChI=1S/C16H14N2O2S/c1-10-3-2-4-11(7-10)8-12(16(19)20)14-15-13(5-6-21-15)17-9-18-14/h2-7,9,12H,8H2,1H3,(H,19,20). The lowest BCUT2D eigenvalue weighted by Gasteiger charge is -2.13. The predicted octanol–water partition coefficient (Wildman–Crippen LogP) is 3.41. The summed E-state index contributed by atoms with van der Waals surface area (Å²) < 4.78 is 0.859. The normalized spacial score (nSPS) is 12.4. The Morgan fingerprint density at radius 2 is 2.19 bits per heavy atom. The van der Waals surface area contributed by atoms with E-state index in [0.29, 0.717) is 12.1 Å². The zero-order valence-corrected chi connectivity index (χ0v) is 12.3. The number of aliphatic carboxylic acids is 1. The minimum atomic E-state index is -0.857. The summed E-state index contributed by atoms with van der Waals surface area (Å²) >= 11 is 1.49. The Kier molecular flexibility index (Phi) is 3.66. The van der Waals surface area contributed by atoms with Crippen molar-refractivity contribution in [3.05, 3.63) is 58.9 Å². The second kappa shape index (κ2) is 5.61. The molecular formula is C16H14N2O2S. The highest BCUT2D eigenvalue weighted by Crippen LogP contribution is 2.29. The minimum Gasteiger partial charge on any atom is -0.481 e. The van der Waals surface area contributed by atoms with Crippen molar-refractivity contribution in [2.75, 3.05) is 0 Å². The molecule has 2 heterocycles. The maximum atomic E-state index is 11.7. The SMILES string of the molecule is Cc1cccc(CC(C(=O)O)c2ncnc3ccsc23)c1. The number of nitrogens with zero attached hydrogens (tertiary/aromatic N) is 2. The van der Waals surface area contributed by atoms with Crippen molar-refractivity contribution in [1.29, 1.82) is 0 Å². The van der Waals surface area contributed by atoms with Crippen LogP contribution in [0.1, 0.15) is 22.7 Å². The van der Waals surface area contributed by atoms with Crippen LogP contribution in [0.15, 0.2) is 42.0 Å². The van der Waals surface area contributed by atoms with Gasteiger partial charge in [-0.1, -0.05) is 29.8 Å². The molecule has 0 radical (unpaired) electrons. The Morgan fingerprint density at radius 1 is 1.33 bits per heavy atom. The van der Waals surface area contributed by atoms with E-state index in [1.54, 1.807) is 0 Å². The molecule has 3 aromatic rings. The highest BCUT2D eigenvalue weighted by Gasteiger charge is 2.24. The number of hydrogen-bond donors (Lipinski definition) is 1. The second-order valence-corrected chi connectivity index (χ2v) is 5.89. The highest BCUT2D eigenvalue weighted by molar-refractivity contribution is 7.17. The molecule has 1 aromatic carbocycles. The maximum Gasteiger partial charge on any atom is 0.312 e. The van der Waals surface area contributed by atoms with Crippen LogP contribution in [0.25, 0.3) is 10.2 Å². The average molecular weight is 298 g/mol. The molecule has 21 heavy (non-hydrogen) atoms. The van der Waals surface area contributed by atoms with Gasteiger partial charge in [0.15, 0.2) is 0 Å². The van der Waals surface area contributed by atoms with E-state index in [-0.39, 0.29) is 0 Å². The first kappa shape index (κ1) is 13.7. The number of carboxylic acid groups (broad SMARTS) is 1. The number of hydrogen-bond acceptors (Lipinski definition) is 4. The molecule has 0 aliphatic rings. The van der Waals surface area contributed by atoms with E-state index in [0.717, 1.165) is 21.3 Å². The van der Waals surface area contributed by atoms with E-state index < -0.39 is 11.9 Å². The summed E-state index contributed by atoms with van der Waals surface area (Å²) in [5, 5.41) is 11.5. The Labute approximate surface area is 126 Å². The van der Waals surface area contributed by atoms with Gasteiger partial charge in [0.2, 0.25) is 0 Å². The van der Waals surface area contributed by atoms with Crippen molar-refractivity contribution >= 4 is 27.5 Å². The molecule has 0 spiro atoms. The molecule has 0 saturated carbocycles. The molecule has 0 amide bonds. The average Bonchev–Trinajstić information content (AvgIpc) is 2.93. The molecule has 2 aromatic heterocycles. The molecular weight excluding hydrogens is 284 g/mol. The van der Waals surface area contributed by atoms with Crippen LogP contribution < -0.4 is 0 Å². The van der Waals surface area contributed by atoms with Gasteiger partial charge >= 0.3 is 5.97 Å². The molecule has 0 saturated heterocycles. The van der Waals surface area contributed by atoms with Crippen LogP contribution in [0.2, 0.25) is 0 Å². The van der Waals surface area contributed by atoms with Crippen molar-refractivity contribution in [1.82, 2.24) is 9.97 Å². The first-order chi connectivity index (χ1) is 10.1. The van der Waals surface area contributed by atoms with E-state index >= 15 is 0 Å². The zero-order chi connectivity index (χ0) is 14.8. The summed E-state index contributed by atoms with van der Waals surface area (Å²) in [6.45, 7) is 2.00. The number of aryl methyl sites for hydroxylation is 1. The monoisotopic (exact) mass is 298 g/mol. The minimum absolute atomic E-state index is 0.432. The lowest BCUT2D eigenvalue weighted by molar-refractivity contribution is -0.138. The van der Waals surface area contributed by atoms with Gasteiger partial charge in [0.1, 0.15) is 12.2 Å². The van der Waals surface area contributed by atoms with Gasteiger partial charge in [0, 0.05) is 0 Å². The molecule has 106 valence electrons. The van der Waals surface area contributed by atoms with Crippen LogP contribution in [-0.4, -0.2) is 21.0 Å².